The molecule has 1 aliphatic rings. The van der Waals surface area contributed by atoms with E-state index in [0.29, 0.717) is 25.9 Å². The maximum atomic E-state index is 12.1. The number of methoxy groups -OCH3 is 1. The van der Waals surface area contributed by atoms with E-state index in [2.05, 4.69) is 20.5 Å². The zero-order valence-electron chi connectivity index (χ0n) is 12.5. The Balaban J connectivity index is 1.84. The molecule has 1 saturated heterocycles. The first-order chi connectivity index (χ1) is 10.0. The Morgan fingerprint density at radius 2 is 2.05 bits per heavy atom. The molecule has 2 amide bonds. The summed E-state index contributed by atoms with van der Waals surface area (Å²) in [5.74, 6) is 0.200. The standard InChI is InChI=1S/C13H21N5O3/c1-8(2)11(20)18-6-4-9(5-7-18)10(19)14-12-15-13(21-3)17-16-12/h8-9H,4-7H2,1-3H3,(H2,14,15,16,17,19). The van der Waals surface area contributed by atoms with Gasteiger partial charge < -0.3 is 9.64 Å². The number of carbonyl (C=O) groups excluding carboxylic acids is 2. The number of anilines is 1. The number of hydrogen-bond donors (Lipinski definition) is 2. The summed E-state index contributed by atoms with van der Waals surface area (Å²) < 4.78 is 4.84. The average Bonchev–Trinajstić information content (AvgIpc) is 2.94. The van der Waals surface area contributed by atoms with Crippen molar-refractivity contribution < 1.29 is 14.3 Å². The van der Waals surface area contributed by atoms with Crippen LogP contribution in [0.15, 0.2) is 0 Å². The minimum absolute atomic E-state index is 0.00275. The first kappa shape index (κ1) is 15.3. The third-order valence-electron chi connectivity index (χ3n) is 3.56. The summed E-state index contributed by atoms with van der Waals surface area (Å²) in [7, 11) is 1.45. The van der Waals surface area contributed by atoms with E-state index in [1.54, 1.807) is 0 Å². The minimum Gasteiger partial charge on any atom is -0.466 e. The molecular formula is C13H21N5O3. The first-order valence-electron chi connectivity index (χ1n) is 7.07. The van der Waals surface area contributed by atoms with Gasteiger partial charge in [0.05, 0.1) is 7.11 Å². The van der Waals surface area contributed by atoms with Crippen molar-refractivity contribution in [3.8, 4) is 6.01 Å². The fourth-order valence-corrected chi connectivity index (χ4v) is 2.34. The highest BCUT2D eigenvalue weighted by Gasteiger charge is 2.28. The van der Waals surface area contributed by atoms with Crippen molar-refractivity contribution in [1.82, 2.24) is 20.1 Å². The molecule has 116 valence electrons. The van der Waals surface area contributed by atoms with Crippen LogP contribution in [0, 0.1) is 11.8 Å². The number of piperidine rings is 1. The molecule has 2 heterocycles. The minimum atomic E-state index is -0.114. The zero-order valence-corrected chi connectivity index (χ0v) is 12.5. The van der Waals surface area contributed by atoms with E-state index >= 15 is 0 Å². The molecule has 0 atom stereocenters. The lowest BCUT2D eigenvalue weighted by molar-refractivity contribution is -0.137. The highest BCUT2D eigenvalue weighted by molar-refractivity contribution is 5.91. The fraction of sp³-hybridized carbons (Fsp3) is 0.692. The number of ether oxygens (including phenoxy) is 1. The van der Waals surface area contributed by atoms with E-state index in [9.17, 15) is 9.59 Å². The third-order valence-corrected chi connectivity index (χ3v) is 3.56. The summed E-state index contributed by atoms with van der Waals surface area (Å²) in [5.41, 5.74) is 0. The maximum absolute atomic E-state index is 12.1. The summed E-state index contributed by atoms with van der Waals surface area (Å²) in [6.07, 6.45) is 1.32. The van der Waals surface area contributed by atoms with E-state index in [-0.39, 0.29) is 35.6 Å². The normalized spacial score (nSPS) is 16.1. The predicted molar refractivity (Wildman–Crippen MR) is 75.7 cm³/mol. The molecule has 0 aromatic carbocycles. The van der Waals surface area contributed by atoms with Crippen LogP contribution >= 0.6 is 0 Å². The molecule has 8 heteroatoms. The predicted octanol–water partition coefficient (Wildman–Crippen LogP) is 0.646. The van der Waals surface area contributed by atoms with Crippen LogP contribution in [0.25, 0.3) is 0 Å². The van der Waals surface area contributed by atoms with Crippen LogP contribution in [0.3, 0.4) is 0 Å². The topological polar surface area (TPSA) is 100 Å². The second kappa shape index (κ2) is 6.55. The van der Waals surface area contributed by atoms with Gasteiger partial charge in [-0.3, -0.25) is 14.9 Å². The van der Waals surface area contributed by atoms with Crippen LogP contribution < -0.4 is 10.1 Å². The van der Waals surface area contributed by atoms with Gasteiger partial charge in [0.2, 0.25) is 17.8 Å². The lowest BCUT2D eigenvalue weighted by atomic mass is 9.95. The SMILES string of the molecule is COc1n[nH]c(NC(=O)C2CCN(C(=O)C(C)C)CC2)n1. The lowest BCUT2D eigenvalue weighted by Gasteiger charge is -2.32. The fourth-order valence-electron chi connectivity index (χ4n) is 2.34. The number of nitrogens with zero attached hydrogens (tertiary/aromatic N) is 3. The Bertz CT molecular complexity index is 506. The Kier molecular flexibility index (Phi) is 4.77. The van der Waals surface area contributed by atoms with Gasteiger partial charge >= 0.3 is 6.01 Å². The Hall–Kier alpha value is -2.12. The van der Waals surface area contributed by atoms with E-state index < -0.39 is 0 Å². The van der Waals surface area contributed by atoms with Crippen molar-refractivity contribution in [2.75, 3.05) is 25.5 Å². The molecule has 21 heavy (non-hydrogen) atoms. The molecule has 8 nitrogen and oxygen atoms in total. The van der Waals surface area contributed by atoms with Crippen molar-refractivity contribution in [3.05, 3.63) is 0 Å². The summed E-state index contributed by atoms with van der Waals surface area (Å²) in [5, 5.41) is 9.03. The van der Waals surface area contributed by atoms with Crippen LogP contribution in [-0.4, -0.2) is 52.1 Å². The summed E-state index contributed by atoms with van der Waals surface area (Å²) in [6, 6.07) is 0.183. The van der Waals surface area contributed by atoms with E-state index in [0.717, 1.165) is 0 Å². The van der Waals surface area contributed by atoms with Crippen LogP contribution in [0.2, 0.25) is 0 Å². The molecule has 0 spiro atoms. The molecule has 1 fully saturated rings. The summed E-state index contributed by atoms with van der Waals surface area (Å²) >= 11 is 0. The van der Waals surface area contributed by atoms with Crippen molar-refractivity contribution in [2.45, 2.75) is 26.7 Å². The highest BCUT2D eigenvalue weighted by atomic mass is 16.5. The van der Waals surface area contributed by atoms with Gasteiger partial charge in [-0.25, -0.2) is 5.10 Å². The van der Waals surface area contributed by atoms with Crippen molar-refractivity contribution >= 4 is 17.8 Å². The molecule has 0 saturated carbocycles. The lowest BCUT2D eigenvalue weighted by Crippen LogP contribution is -2.43. The number of nitrogens with one attached hydrogen (secondary N) is 2. The second-order valence-corrected chi connectivity index (χ2v) is 5.41. The maximum Gasteiger partial charge on any atom is 0.336 e. The van der Waals surface area contributed by atoms with E-state index in [4.69, 9.17) is 4.74 Å². The molecular weight excluding hydrogens is 274 g/mol. The number of rotatable bonds is 4. The third kappa shape index (κ3) is 3.71. The van der Waals surface area contributed by atoms with Gasteiger partial charge in [0.1, 0.15) is 0 Å². The van der Waals surface area contributed by atoms with Crippen molar-refractivity contribution in [3.63, 3.8) is 0 Å². The Morgan fingerprint density at radius 1 is 1.38 bits per heavy atom. The molecule has 0 unspecified atom stereocenters. The quantitative estimate of drug-likeness (QED) is 0.849. The van der Waals surface area contributed by atoms with Gasteiger partial charge in [-0.15, -0.1) is 5.10 Å². The summed E-state index contributed by atoms with van der Waals surface area (Å²) in [4.78, 5) is 29.8. The van der Waals surface area contributed by atoms with Crippen molar-refractivity contribution in [2.24, 2.45) is 11.8 Å². The number of aromatic amines is 1. The smallest absolute Gasteiger partial charge is 0.336 e. The number of likely N-dealkylation sites (tertiary alicyclic amines) is 1. The Labute approximate surface area is 123 Å². The summed E-state index contributed by atoms with van der Waals surface area (Å²) in [6.45, 7) is 5.01. The van der Waals surface area contributed by atoms with Crippen molar-refractivity contribution in [1.29, 1.82) is 0 Å². The van der Waals surface area contributed by atoms with Gasteiger partial charge in [-0.2, -0.15) is 4.98 Å². The molecule has 1 aromatic rings. The largest absolute Gasteiger partial charge is 0.466 e. The average molecular weight is 295 g/mol. The van der Waals surface area contributed by atoms with Gasteiger partial charge in [0.25, 0.3) is 0 Å². The van der Waals surface area contributed by atoms with E-state index in [1.807, 2.05) is 18.7 Å². The van der Waals surface area contributed by atoms with Crippen LogP contribution in [0.4, 0.5) is 5.95 Å². The number of aromatic nitrogens is 3. The van der Waals surface area contributed by atoms with Gasteiger partial charge in [-0.1, -0.05) is 13.8 Å². The molecule has 0 bridgehead atoms. The molecule has 0 aliphatic carbocycles. The highest BCUT2D eigenvalue weighted by Crippen LogP contribution is 2.20. The Morgan fingerprint density at radius 3 is 2.57 bits per heavy atom. The molecule has 1 aliphatic heterocycles. The first-order valence-corrected chi connectivity index (χ1v) is 7.07. The molecule has 1 aromatic heterocycles. The van der Waals surface area contributed by atoms with Gasteiger partial charge in [-0.05, 0) is 12.8 Å². The molecule has 0 radical (unpaired) electrons. The van der Waals surface area contributed by atoms with Crippen LogP contribution in [-0.2, 0) is 9.59 Å². The molecule has 2 N–H and O–H groups in total. The van der Waals surface area contributed by atoms with Crippen LogP contribution in [0.5, 0.6) is 6.01 Å². The van der Waals surface area contributed by atoms with Gasteiger partial charge in [0.15, 0.2) is 0 Å². The second-order valence-electron chi connectivity index (χ2n) is 5.41. The molecule has 2 rings (SSSR count). The van der Waals surface area contributed by atoms with Gasteiger partial charge in [0, 0.05) is 24.9 Å². The number of hydrogen-bond acceptors (Lipinski definition) is 5. The monoisotopic (exact) mass is 295 g/mol. The number of carbonyl (C=O) groups is 2. The van der Waals surface area contributed by atoms with E-state index in [1.165, 1.54) is 7.11 Å². The number of amides is 2. The van der Waals surface area contributed by atoms with Crippen LogP contribution in [0.1, 0.15) is 26.7 Å². The number of H-pyrrole nitrogens is 1. The zero-order chi connectivity index (χ0) is 15.4.